The topological polar surface area (TPSA) is 34.1 Å². The molecule has 2 aromatic rings. The zero-order valence-corrected chi connectivity index (χ0v) is 13.3. The van der Waals surface area contributed by atoms with Crippen LogP contribution in [0.2, 0.25) is 0 Å². The highest BCUT2D eigenvalue weighted by Gasteiger charge is 2.07. The lowest BCUT2D eigenvalue weighted by atomic mass is 10.2. The summed E-state index contributed by atoms with van der Waals surface area (Å²) in [4.78, 5) is 4.37. The molecule has 0 unspecified atom stereocenters. The highest BCUT2D eigenvalue weighted by Crippen LogP contribution is 2.25. The van der Waals surface area contributed by atoms with E-state index in [1.807, 2.05) is 31.3 Å². The molecule has 3 heteroatoms. The molecule has 0 atom stereocenters. The minimum atomic E-state index is 0.630. The summed E-state index contributed by atoms with van der Waals surface area (Å²) < 4.78 is 6.02. The van der Waals surface area contributed by atoms with Crippen molar-refractivity contribution in [3.05, 3.63) is 53.3 Å². The highest BCUT2D eigenvalue weighted by molar-refractivity contribution is 5.38. The predicted octanol–water partition coefficient (Wildman–Crippen LogP) is 4.24. The quantitative estimate of drug-likeness (QED) is 0.861. The Morgan fingerprint density at radius 2 is 1.86 bits per heavy atom. The summed E-state index contributed by atoms with van der Waals surface area (Å²) in [6.45, 7) is 10.2. The van der Waals surface area contributed by atoms with Gasteiger partial charge in [0.1, 0.15) is 11.5 Å². The Kier molecular flexibility index (Phi) is 5.34. The number of rotatable bonds is 6. The molecule has 0 aliphatic carbocycles. The van der Waals surface area contributed by atoms with Crippen molar-refractivity contribution >= 4 is 0 Å². The van der Waals surface area contributed by atoms with Crippen molar-refractivity contribution in [1.29, 1.82) is 0 Å². The molecule has 0 radical (unpaired) electrons. The van der Waals surface area contributed by atoms with Gasteiger partial charge in [0.05, 0.1) is 0 Å². The number of nitrogens with one attached hydrogen (secondary N) is 1. The summed E-state index contributed by atoms with van der Waals surface area (Å²) in [6, 6.07) is 10.1. The fraction of sp³-hybridized carbons (Fsp3) is 0.389. The van der Waals surface area contributed by atoms with Gasteiger partial charge in [-0.1, -0.05) is 31.5 Å². The summed E-state index contributed by atoms with van der Waals surface area (Å²) in [6.07, 6.45) is 1.90. The van der Waals surface area contributed by atoms with E-state index in [-0.39, 0.29) is 0 Å². The van der Waals surface area contributed by atoms with E-state index in [9.17, 15) is 0 Å². The minimum absolute atomic E-state index is 0.630. The Morgan fingerprint density at radius 1 is 1.14 bits per heavy atom. The monoisotopic (exact) mass is 284 g/mol. The first-order chi connectivity index (χ1) is 10.0. The molecular weight excluding hydrogens is 260 g/mol. The lowest BCUT2D eigenvalue weighted by Gasteiger charge is -2.13. The lowest BCUT2D eigenvalue weighted by Crippen LogP contribution is -2.19. The first-order valence-electron chi connectivity index (χ1n) is 7.45. The van der Waals surface area contributed by atoms with Crippen molar-refractivity contribution in [3.63, 3.8) is 0 Å². The number of hydrogen-bond donors (Lipinski definition) is 1. The maximum absolute atomic E-state index is 6.02. The third-order valence-corrected chi connectivity index (χ3v) is 3.20. The van der Waals surface area contributed by atoms with Gasteiger partial charge in [-0.25, -0.2) is 0 Å². The molecule has 1 heterocycles. The molecule has 0 bridgehead atoms. The number of nitrogens with zero attached hydrogens (tertiary/aromatic N) is 1. The van der Waals surface area contributed by atoms with Crippen LogP contribution in [0.4, 0.5) is 0 Å². The van der Waals surface area contributed by atoms with Gasteiger partial charge in [0.15, 0.2) is 0 Å². The maximum Gasteiger partial charge on any atom is 0.135 e. The van der Waals surface area contributed by atoms with Crippen molar-refractivity contribution in [3.8, 4) is 11.5 Å². The minimum Gasteiger partial charge on any atom is -0.457 e. The van der Waals surface area contributed by atoms with Gasteiger partial charge in [-0.2, -0.15) is 0 Å². The smallest absolute Gasteiger partial charge is 0.135 e. The Labute approximate surface area is 127 Å². The normalized spacial score (nSPS) is 10.9. The Balaban J connectivity index is 2.12. The molecule has 2 rings (SSSR count). The van der Waals surface area contributed by atoms with Crippen LogP contribution in [0.25, 0.3) is 0 Å². The Morgan fingerprint density at radius 3 is 2.52 bits per heavy atom. The molecule has 112 valence electrons. The first kappa shape index (κ1) is 15.5. The van der Waals surface area contributed by atoms with E-state index in [1.54, 1.807) is 0 Å². The molecule has 0 fully saturated rings. The van der Waals surface area contributed by atoms with Crippen molar-refractivity contribution in [1.82, 2.24) is 10.3 Å². The van der Waals surface area contributed by atoms with Crippen molar-refractivity contribution in [2.45, 2.75) is 34.2 Å². The van der Waals surface area contributed by atoms with Gasteiger partial charge in [0.25, 0.3) is 0 Å². The number of aromatic nitrogens is 1. The van der Waals surface area contributed by atoms with Crippen LogP contribution < -0.4 is 10.1 Å². The number of ether oxygens (including phenoxy) is 1. The molecule has 0 amide bonds. The second-order valence-electron chi connectivity index (χ2n) is 5.87. The van der Waals surface area contributed by atoms with E-state index < -0.39 is 0 Å². The average Bonchev–Trinajstić information content (AvgIpc) is 2.43. The van der Waals surface area contributed by atoms with Crippen molar-refractivity contribution in [2.75, 3.05) is 6.54 Å². The summed E-state index contributed by atoms with van der Waals surface area (Å²) in [7, 11) is 0. The molecule has 0 aliphatic heterocycles. The standard InChI is InChI=1S/C18H24N2O/c1-13(2)10-19-11-16-12-20-15(4)9-18(16)21-17-7-5-14(3)6-8-17/h5-9,12-13,19H,10-11H2,1-4H3. The van der Waals surface area contributed by atoms with E-state index in [0.29, 0.717) is 5.92 Å². The van der Waals surface area contributed by atoms with Gasteiger partial charge < -0.3 is 10.1 Å². The third kappa shape index (κ3) is 4.87. The van der Waals surface area contributed by atoms with E-state index >= 15 is 0 Å². The zero-order valence-electron chi connectivity index (χ0n) is 13.3. The third-order valence-electron chi connectivity index (χ3n) is 3.20. The van der Waals surface area contributed by atoms with Gasteiger partial charge in [0, 0.05) is 30.1 Å². The number of aryl methyl sites for hydroxylation is 2. The summed E-state index contributed by atoms with van der Waals surface area (Å²) >= 11 is 0. The molecule has 1 N–H and O–H groups in total. The second-order valence-corrected chi connectivity index (χ2v) is 5.87. The summed E-state index contributed by atoms with van der Waals surface area (Å²) in [5.74, 6) is 2.36. The highest BCUT2D eigenvalue weighted by atomic mass is 16.5. The average molecular weight is 284 g/mol. The van der Waals surface area contributed by atoms with Gasteiger partial charge in [-0.15, -0.1) is 0 Å². The summed E-state index contributed by atoms with van der Waals surface area (Å²) in [5.41, 5.74) is 3.28. The van der Waals surface area contributed by atoms with Crippen LogP contribution in [0.5, 0.6) is 11.5 Å². The second kappa shape index (κ2) is 7.23. The lowest BCUT2D eigenvalue weighted by molar-refractivity contribution is 0.467. The van der Waals surface area contributed by atoms with E-state index in [0.717, 1.165) is 35.8 Å². The van der Waals surface area contributed by atoms with Crippen LogP contribution in [-0.4, -0.2) is 11.5 Å². The van der Waals surface area contributed by atoms with Gasteiger partial charge in [-0.05, 0) is 38.4 Å². The van der Waals surface area contributed by atoms with Crippen LogP contribution >= 0.6 is 0 Å². The fourth-order valence-electron chi connectivity index (χ4n) is 2.02. The van der Waals surface area contributed by atoms with Gasteiger partial charge >= 0.3 is 0 Å². The molecule has 1 aromatic heterocycles. The predicted molar refractivity (Wildman–Crippen MR) is 86.8 cm³/mol. The number of hydrogen-bond acceptors (Lipinski definition) is 3. The number of benzene rings is 1. The summed E-state index contributed by atoms with van der Waals surface area (Å²) in [5, 5.41) is 3.44. The maximum atomic E-state index is 6.02. The van der Waals surface area contributed by atoms with Crippen LogP contribution in [0.3, 0.4) is 0 Å². The van der Waals surface area contributed by atoms with E-state index in [4.69, 9.17) is 4.74 Å². The van der Waals surface area contributed by atoms with E-state index in [2.05, 4.69) is 43.2 Å². The molecule has 0 saturated heterocycles. The van der Waals surface area contributed by atoms with Crippen LogP contribution in [-0.2, 0) is 6.54 Å². The molecule has 0 saturated carbocycles. The molecule has 1 aromatic carbocycles. The zero-order chi connectivity index (χ0) is 15.2. The molecule has 3 nitrogen and oxygen atoms in total. The Hall–Kier alpha value is -1.87. The number of pyridine rings is 1. The Bertz CT molecular complexity index is 576. The first-order valence-corrected chi connectivity index (χ1v) is 7.45. The molecule has 0 spiro atoms. The fourth-order valence-corrected chi connectivity index (χ4v) is 2.02. The van der Waals surface area contributed by atoms with E-state index in [1.165, 1.54) is 5.56 Å². The SMILES string of the molecule is Cc1ccc(Oc2cc(C)ncc2CNCC(C)C)cc1. The molecule has 21 heavy (non-hydrogen) atoms. The molecular formula is C18H24N2O. The van der Waals surface area contributed by atoms with Crippen molar-refractivity contribution < 1.29 is 4.74 Å². The van der Waals surface area contributed by atoms with Crippen LogP contribution in [0.15, 0.2) is 36.5 Å². The molecule has 0 aliphatic rings. The largest absolute Gasteiger partial charge is 0.457 e. The van der Waals surface area contributed by atoms with Gasteiger partial charge in [0.2, 0.25) is 0 Å². The van der Waals surface area contributed by atoms with Gasteiger partial charge in [-0.3, -0.25) is 4.98 Å². The van der Waals surface area contributed by atoms with Crippen LogP contribution in [0, 0.1) is 19.8 Å². The van der Waals surface area contributed by atoms with Crippen molar-refractivity contribution in [2.24, 2.45) is 5.92 Å². The van der Waals surface area contributed by atoms with Crippen LogP contribution in [0.1, 0.15) is 30.7 Å².